The van der Waals surface area contributed by atoms with Gasteiger partial charge in [0.1, 0.15) is 6.61 Å². The first-order valence-corrected chi connectivity index (χ1v) is 10.5. The van der Waals surface area contributed by atoms with E-state index < -0.39 is 0 Å². The van der Waals surface area contributed by atoms with Crippen molar-refractivity contribution in [3.8, 4) is 11.5 Å². The molecule has 4 aromatic carbocycles. The van der Waals surface area contributed by atoms with Crippen molar-refractivity contribution in [3.05, 3.63) is 101 Å². The summed E-state index contributed by atoms with van der Waals surface area (Å²) >= 11 is 6.45. The lowest BCUT2D eigenvalue weighted by molar-refractivity contribution is 0.102. The first-order valence-electron chi connectivity index (χ1n) is 10.1. The molecule has 1 amide bonds. The van der Waals surface area contributed by atoms with E-state index in [2.05, 4.69) is 5.32 Å². The van der Waals surface area contributed by atoms with Gasteiger partial charge in [-0.3, -0.25) is 4.79 Å². The van der Waals surface area contributed by atoms with Crippen LogP contribution in [0.25, 0.3) is 10.8 Å². The lowest BCUT2D eigenvalue weighted by atomic mass is 10.1. The highest BCUT2D eigenvalue weighted by Crippen LogP contribution is 2.37. The molecule has 0 saturated heterocycles. The molecule has 0 aliphatic heterocycles. The zero-order chi connectivity index (χ0) is 21.6. The third kappa shape index (κ3) is 4.81. The van der Waals surface area contributed by atoms with Gasteiger partial charge in [-0.25, -0.2) is 0 Å². The van der Waals surface area contributed by atoms with E-state index in [4.69, 9.17) is 21.1 Å². The Morgan fingerprint density at radius 2 is 1.65 bits per heavy atom. The third-order valence-corrected chi connectivity index (χ3v) is 5.12. The summed E-state index contributed by atoms with van der Waals surface area (Å²) < 4.78 is 11.7. The highest BCUT2D eigenvalue weighted by molar-refractivity contribution is 6.32. The Balaban J connectivity index is 1.62. The van der Waals surface area contributed by atoms with Crippen LogP contribution in [0.5, 0.6) is 11.5 Å². The first-order chi connectivity index (χ1) is 15.2. The molecule has 31 heavy (non-hydrogen) atoms. The molecule has 0 radical (unpaired) electrons. The molecule has 0 aliphatic rings. The van der Waals surface area contributed by atoms with E-state index in [1.165, 1.54) is 0 Å². The molecule has 0 saturated carbocycles. The maximum Gasteiger partial charge on any atom is 0.255 e. The van der Waals surface area contributed by atoms with E-state index in [9.17, 15) is 4.79 Å². The Morgan fingerprint density at radius 1 is 0.903 bits per heavy atom. The van der Waals surface area contributed by atoms with Crippen LogP contribution < -0.4 is 14.8 Å². The highest BCUT2D eigenvalue weighted by atomic mass is 35.5. The van der Waals surface area contributed by atoms with Crippen LogP contribution in [0.3, 0.4) is 0 Å². The van der Waals surface area contributed by atoms with Gasteiger partial charge >= 0.3 is 0 Å². The summed E-state index contributed by atoms with van der Waals surface area (Å²) in [4.78, 5) is 13.0. The van der Waals surface area contributed by atoms with Crippen molar-refractivity contribution in [2.24, 2.45) is 0 Å². The Morgan fingerprint density at radius 3 is 2.45 bits per heavy atom. The number of amides is 1. The fourth-order valence-electron chi connectivity index (χ4n) is 3.36. The van der Waals surface area contributed by atoms with E-state index in [1.807, 2.05) is 79.7 Å². The number of hydrogen-bond acceptors (Lipinski definition) is 3. The number of halogens is 1. The lowest BCUT2D eigenvalue weighted by Crippen LogP contribution is -2.13. The normalized spacial score (nSPS) is 10.6. The quantitative estimate of drug-likeness (QED) is 0.353. The van der Waals surface area contributed by atoms with Crippen molar-refractivity contribution in [1.29, 1.82) is 0 Å². The Kier molecular flexibility index (Phi) is 6.39. The van der Waals surface area contributed by atoms with Gasteiger partial charge in [0.05, 0.1) is 11.6 Å². The lowest BCUT2D eigenvalue weighted by Gasteiger charge is -2.16. The standard InChI is InChI=1S/C26H22ClNO3/c1-2-30-25-22(27)15-20(16-24(25)31-17-18-9-4-3-5-10-18)26(29)28-23-14-8-12-19-11-6-7-13-21(19)23/h3-16H,2,17H2,1H3,(H,28,29). The minimum atomic E-state index is -0.272. The predicted octanol–water partition coefficient (Wildman–Crippen LogP) is 6.72. The second-order valence-corrected chi connectivity index (χ2v) is 7.38. The molecule has 0 aromatic heterocycles. The monoisotopic (exact) mass is 431 g/mol. The van der Waals surface area contributed by atoms with Crippen LogP contribution in [0, 0.1) is 0 Å². The molecule has 0 atom stereocenters. The third-order valence-electron chi connectivity index (χ3n) is 4.84. The zero-order valence-electron chi connectivity index (χ0n) is 17.1. The maximum atomic E-state index is 13.0. The Labute approximate surface area is 186 Å². The molecule has 4 nitrogen and oxygen atoms in total. The van der Waals surface area contributed by atoms with Gasteiger partial charge < -0.3 is 14.8 Å². The largest absolute Gasteiger partial charge is 0.488 e. The molecule has 0 heterocycles. The number of fused-ring (bicyclic) bond motifs is 1. The van der Waals surface area contributed by atoms with Gasteiger partial charge in [-0.1, -0.05) is 78.3 Å². The van der Waals surface area contributed by atoms with Gasteiger partial charge in [0.2, 0.25) is 0 Å². The fraction of sp³-hybridized carbons (Fsp3) is 0.115. The van der Waals surface area contributed by atoms with Crippen LogP contribution in [0.15, 0.2) is 84.9 Å². The molecule has 5 heteroatoms. The number of nitrogens with one attached hydrogen (secondary N) is 1. The summed E-state index contributed by atoms with van der Waals surface area (Å²) in [5.74, 6) is 0.592. The van der Waals surface area contributed by atoms with E-state index in [1.54, 1.807) is 12.1 Å². The summed E-state index contributed by atoms with van der Waals surface area (Å²) in [7, 11) is 0. The number of ether oxygens (including phenoxy) is 2. The molecule has 0 spiro atoms. The average Bonchev–Trinajstić information content (AvgIpc) is 2.80. The molecule has 0 fully saturated rings. The van der Waals surface area contributed by atoms with Gasteiger partial charge in [-0.15, -0.1) is 0 Å². The predicted molar refractivity (Wildman–Crippen MR) is 125 cm³/mol. The molecule has 4 aromatic rings. The summed E-state index contributed by atoms with van der Waals surface area (Å²) in [6, 6.07) is 26.8. The van der Waals surface area contributed by atoms with Gasteiger partial charge in [-0.2, -0.15) is 0 Å². The molecule has 1 N–H and O–H groups in total. The summed E-state index contributed by atoms with van der Waals surface area (Å²) in [5, 5.41) is 5.34. The number of anilines is 1. The van der Waals surface area contributed by atoms with E-state index in [-0.39, 0.29) is 5.91 Å². The second-order valence-electron chi connectivity index (χ2n) is 6.97. The number of carbonyl (C=O) groups is 1. The summed E-state index contributed by atoms with van der Waals surface area (Å²) in [6.45, 7) is 2.65. The van der Waals surface area contributed by atoms with Crippen LogP contribution in [-0.2, 0) is 6.61 Å². The summed E-state index contributed by atoms with van der Waals surface area (Å²) in [6.07, 6.45) is 0. The smallest absolute Gasteiger partial charge is 0.255 e. The Bertz CT molecular complexity index is 1200. The molecule has 4 rings (SSSR count). The van der Waals surface area contributed by atoms with Crippen LogP contribution in [-0.4, -0.2) is 12.5 Å². The number of rotatable bonds is 7. The van der Waals surface area contributed by atoms with Crippen LogP contribution in [0.4, 0.5) is 5.69 Å². The number of benzene rings is 4. The molecular weight excluding hydrogens is 410 g/mol. The van der Waals surface area contributed by atoms with E-state index in [0.29, 0.717) is 35.3 Å². The van der Waals surface area contributed by atoms with Crippen molar-refractivity contribution in [2.75, 3.05) is 11.9 Å². The number of carbonyl (C=O) groups excluding carboxylic acids is 1. The maximum absolute atomic E-state index is 13.0. The van der Waals surface area contributed by atoms with Crippen molar-refractivity contribution in [3.63, 3.8) is 0 Å². The zero-order valence-corrected chi connectivity index (χ0v) is 17.9. The topological polar surface area (TPSA) is 47.6 Å². The van der Waals surface area contributed by atoms with Crippen molar-refractivity contribution in [1.82, 2.24) is 0 Å². The SMILES string of the molecule is CCOc1c(Cl)cc(C(=O)Nc2cccc3ccccc23)cc1OCc1ccccc1. The van der Waals surface area contributed by atoms with Crippen molar-refractivity contribution in [2.45, 2.75) is 13.5 Å². The van der Waals surface area contributed by atoms with Crippen molar-refractivity contribution < 1.29 is 14.3 Å². The molecule has 0 bridgehead atoms. The van der Waals surface area contributed by atoms with Crippen LogP contribution in [0.1, 0.15) is 22.8 Å². The van der Waals surface area contributed by atoms with E-state index >= 15 is 0 Å². The second kappa shape index (κ2) is 9.54. The number of hydrogen-bond donors (Lipinski definition) is 1. The van der Waals surface area contributed by atoms with E-state index in [0.717, 1.165) is 22.0 Å². The van der Waals surface area contributed by atoms with Crippen LogP contribution >= 0.6 is 11.6 Å². The highest BCUT2D eigenvalue weighted by Gasteiger charge is 2.17. The van der Waals surface area contributed by atoms with Gasteiger partial charge in [0, 0.05) is 16.6 Å². The fourth-order valence-corrected chi connectivity index (χ4v) is 3.62. The van der Waals surface area contributed by atoms with Gasteiger partial charge in [0.15, 0.2) is 11.5 Å². The molecule has 156 valence electrons. The molecular formula is C26H22ClNO3. The van der Waals surface area contributed by atoms with Gasteiger partial charge in [0.25, 0.3) is 5.91 Å². The van der Waals surface area contributed by atoms with Gasteiger partial charge in [-0.05, 0) is 36.1 Å². The minimum absolute atomic E-state index is 0.272. The summed E-state index contributed by atoms with van der Waals surface area (Å²) in [5.41, 5.74) is 2.14. The Hall–Kier alpha value is -3.50. The first kappa shape index (κ1) is 20.8. The molecule has 0 unspecified atom stereocenters. The van der Waals surface area contributed by atoms with Crippen molar-refractivity contribution >= 4 is 34.0 Å². The minimum Gasteiger partial charge on any atom is -0.488 e. The molecule has 0 aliphatic carbocycles. The average molecular weight is 432 g/mol. The van der Waals surface area contributed by atoms with Crippen LogP contribution in [0.2, 0.25) is 5.02 Å².